The molecule has 0 amide bonds. The molecule has 17 heavy (non-hydrogen) atoms. The monoisotopic (exact) mass is 249 g/mol. The van der Waals surface area contributed by atoms with Crippen molar-refractivity contribution in [3.63, 3.8) is 0 Å². The van der Waals surface area contributed by atoms with Crippen LogP contribution in [0.5, 0.6) is 0 Å². The Morgan fingerprint density at radius 3 is 2.71 bits per heavy atom. The van der Waals surface area contributed by atoms with Crippen LogP contribution in [0.15, 0.2) is 4.52 Å². The van der Waals surface area contributed by atoms with Crippen molar-refractivity contribution in [3.05, 3.63) is 11.7 Å². The van der Waals surface area contributed by atoms with E-state index >= 15 is 0 Å². The molecule has 0 saturated heterocycles. The zero-order chi connectivity index (χ0) is 12.8. The lowest BCUT2D eigenvalue weighted by Gasteiger charge is -2.09. The van der Waals surface area contributed by atoms with Gasteiger partial charge in [0.1, 0.15) is 6.61 Å². The number of alkyl halides is 2. The molecular weight excluding hydrogens is 232 g/mol. The van der Waals surface area contributed by atoms with E-state index in [1.54, 1.807) is 0 Å². The fourth-order valence-electron chi connectivity index (χ4n) is 1.14. The molecule has 5 nitrogen and oxygen atoms in total. The minimum absolute atomic E-state index is 0.128. The highest BCUT2D eigenvalue weighted by molar-refractivity contribution is 4.94. The van der Waals surface area contributed by atoms with Crippen molar-refractivity contribution in [1.29, 1.82) is 0 Å². The summed E-state index contributed by atoms with van der Waals surface area (Å²) in [5.74, 6) is 0.991. The fourth-order valence-corrected chi connectivity index (χ4v) is 1.14. The number of halogens is 2. The molecule has 1 aromatic rings. The van der Waals surface area contributed by atoms with Gasteiger partial charge < -0.3 is 15.0 Å². The third-order valence-electron chi connectivity index (χ3n) is 2.20. The highest BCUT2D eigenvalue weighted by atomic mass is 19.3. The van der Waals surface area contributed by atoms with Gasteiger partial charge in [0.05, 0.1) is 19.1 Å². The SMILES string of the molecule is CC(C)C(N)c1noc(CCOCC(F)F)n1. The van der Waals surface area contributed by atoms with Gasteiger partial charge in [0.15, 0.2) is 5.82 Å². The smallest absolute Gasteiger partial charge is 0.261 e. The highest BCUT2D eigenvalue weighted by Gasteiger charge is 2.17. The van der Waals surface area contributed by atoms with Crippen molar-refractivity contribution in [2.24, 2.45) is 11.7 Å². The molecule has 0 saturated carbocycles. The molecular formula is C10H17F2N3O2. The molecule has 0 aliphatic heterocycles. The lowest BCUT2D eigenvalue weighted by atomic mass is 10.1. The van der Waals surface area contributed by atoms with Crippen molar-refractivity contribution in [2.45, 2.75) is 32.7 Å². The molecule has 0 aromatic carbocycles. The summed E-state index contributed by atoms with van der Waals surface area (Å²) in [5, 5.41) is 3.74. The Labute approximate surface area is 98.3 Å². The van der Waals surface area contributed by atoms with Gasteiger partial charge in [0.25, 0.3) is 6.43 Å². The standard InChI is InChI=1S/C10H17F2N3O2/c1-6(2)9(13)10-14-8(17-15-10)3-4-16-5-7(11)12/h6-7,9H,3-5,13H2,1-2H3. The zero-order valence-electron chi connectivity index (χ0n) is 9.90. The third-order valence-corrected chi connectivity index (χ3v) is 2.20. The van der Waals surface area contributed by atoms with Gasteiger partial charge in [0, 0.05) is 0 Å². The largest absolute Gasteiger partial charge is 0.375 e. The number of hydrogen-bond donors (Lipinski definition) is 1. The molecule has 0 fully saturated rings. The highest BCUT2D eigenvalue weighted by Crippen LogP contribution is 2.15. The summed E-state index contributed by atoms with van der Waals surface area (Å²) in [6, 6.07) is -0.283. The number of nitrogens with two attached hydrogens (primary N) is 1. The maximum Gasteiger partial charge on any atom is 0.261 e. The van der Waals surface area contributed by atoms with E-state index in [9.17, 15) is 8.78 Å². The molecule has 1 heterocycles. The number of rotatable bonds is 7. The van der Waals surface area contributed by atoms with Gasteiger partial charge in [0.2, 0.25) is 5.89 Å². The van der Waals surface area contributed by atoms with E-state index in [1.807, 2.05) is 13.8 Å². The average molecular weight is 249 g/mol. The predicted molar refractivity (Wildman–Crippen MR) is 56.6 cm³/mol. The summed E-state index contributed by atoms with van der Waals surface area (Å²) in [7, 11) is 0. The Hall–Kier alpha value is -1.08. The Morgan fingerprint density at radius 2 is 2.12 bits per heavy atom. The van der Waals surface area contributed by atoms with Gasteiger partial charge in [-0.05, 0) is 5.92 Å². The van der Waals surface area contributed by atoms with Gasteiger partial charge in [-0.1, -0.05) is 19.0 Å². The molecule has 1 atom stereocenters. The number of hydrogen-bond acceptors (Lipinski definition) is 5. The molecule has 0 aliphatic carbocycles. The summed E-state index contributed by atoms with van der Waals surface area (Å²) in [6.07, 6.45) is -2.15. The molecule has 2 N–H and O–H groups in total. The van der Waals surface area contributed by atoms with Crippen LogP contribution < -0.4 is 5.73 Å². The van der Waals surface area contributed by atoms with Crippen molar-refractivity contribution >= 4 is 0 Å². The number of nitrogens with zero attached hydrogens (tertiary/aromatic N) is 2. The van der Waals surface area contributed by atoms with E-state index in [4.69, 9.17) is 15.0 Å². The zero-order valence-corrected chi connectivity index (χ0v) is 9.90. The summed E-state index contributed by atoms with van der Waals surface area (Å²) in [4.78, 5) is 4.08. The van der Waals surface area contributed by atoms with E-state index in [0.717, 1.165) is 0 Å². The second kappa shape index (κ2) is 6.61. The van der Waals surface area contributed by atoms with Crippen LogP contribution in [0.3, 0.4) is 0 Å². The molecule has 0 bridgehead atoms. The van der Waals surface area contributed by atoms with E-state index in [-0.39, 0.29) is 18.6 Å². The molecule has 98 valence electrons. The summed E-state index contributed by atoms with van der Waals surface area (Å²) in [5.41, 5.74) is 5.83. The van der Waals surface area contributed by atoms with Crippen molar-refractivity contribution in [2.75, 3.05) is 13.2 Å². The van der Waals surface area contributed by atoms with Crippen LogP contribution in [0, 0.1) is 5.92 Å². The van der Waals surface area contributed by atoms with E-state index in [2.05, 4.69) is 10.1 Å². The van der Waals surface area contributed by atoms with Gasteiger partial charge >= 0.3 is 0 Å². The molecule has 1 unspecified atom stereocenters. The molecule has 0 spiro atoms. The van der Waals surface area contributed by atoms with Crippen LogP contribution in [0.4, 0.5) is 8.78 Å². The quantitative estimate of drug-likeness (QED) is 0.742. The maximum absolute atomic E-state index is 11.8. The number of ether oxygens (including phenoxy) is 1. The van der Waals surface area contributed by atoms with Crippen LogP contribution in [-0.4, -0.2) is 29.8 Å². The number of aromatic nitrogens is 2. The first-order chi connectivity index (χ1) is 8.00. The third kappa shape index (κ3) is 4.74. The summed E-state index contributed by atoms with van der Waals surface area (Å²) < 4.78 is 33.2. The van der Waals surface area contributed by atoms with Gasteiger partial charge in [-0.2, -0.15) is 4.98 Å². The second-order valence-electron chi connectivity index (χ2n) is 4.03. The Kier molecular flexibility index (Phi) is 5.43. The van der Waals surface area contributed by atoms with Crippen LogP contribution >= 0.6 is 0 Å². The Morgan fingerprint density at radius 1 is 1.41 bits per heavy atom. The van der Waals surface area contributed by atoms with Crippen molar-refractivity contribution in [1.82, 2.24) is 10.1 Å². The van der Waals surface area contributed by atoms with Crippen LogP contribution in [0.2, 0.25) is 0 Å². The topological polar surface area (TPSA) is 74.2 Å². The molecule has 1 aromatic heterocycles. The molecule has 7 heteroatoms. The summed E-state index contributed by atoms with van der Waals surface area (Å²) in [6.45, 7) is 3.45. The maximum atomic E-state index is 11.8. The van der Waals surface area contributed by atoms with Gasteiger partial charge in [-0.15, -0.1) is 0 Å². The second-order valence-corrected chi connectivity index (χ2v) is 4.03. The minimum atomic E-state index is -2.46. The van der Waals surface area contributed by atoms with Crippen LogP contribution in [0.25, 0.3) is 0 Å². The Balaban J connectivity index is 2.36. The summed E-state index contributed by atoms with van der Waals surface area (Å²) >= 11 is 0. The van der Waals surface area contributed by atoms with Crippen LogP contribution in [0.1, 0.15) is 31.6 Å². The van der Waals surface area contributed by atoms with Gasteiger partial charge in [-0.3, -0.25) is 0 Å². The van der Waals surface area contributed by atoms with E-state index < -0.39 is 13.0 Å². The van der Waals surface area contributed by atoms with E-state index in [0.29, 0.717) is 18.1 Å². The van der Waals surface area contributed by atoms with Gasteiger partial charge in [-0.25, -0.2) is 8.78 Å². The Bertz CT molecular complexity index is 331. The lowest BCUT2D eigenvalue weighted by molar-refractivity contribution is 0.0171. The fraction of sp³-hybridized carbons (Fsp3) is 0.800. The normalized spacial score (nSPS) is 13.6. The lowest BCUT2D eigenvalue weighted by Crippen LogP contribution is -2.18. The molecule has 1 rings (SSSR count). The minimum Gasteiger partial charge on any atom is -0.375 e. The van der Waals surface area contributed by atoms with E-state index in [1.165, 1.54) is 0 Å². The first-order valence-electron chi connectivity index (χ1n) is 5.44. The first-order valence-corrected chi connectivity index (χ1v) is 5.44. The first kappa shape index (κ1) is 14.0. The molecule has 0 radical (unpaired) electrons. The molecule has 0 aliphatic rings. The van der Waals surface area contributed by atoms with Crippen molar-refractivity contribution < 1.29 is 18.0 Å². The average Bonchev–Trinajstić information content (AvgIpc) is 2.71. The van der Waals surface area contributed by atoms with Crippen LogP contribution in [-0.2, 0) is 11.2 Å². The predicted octanol–water partition coefficient (Wildman–Crippen LogP) is 1.55. The van der Waals surface area contributed by atoms with Crippen molar-refractivity contribution in [3.8, 4) is 0 Å².